The molecule has 0 heterocycles. The molecule has 0 spiro atoms. The van der Waals surface area contributed by atoms with Gasteiger partial charge in [-0.25, -0.2) is 13.8 Å². The molecule has 0 unspecified atom stereocenters. The molecule has 0 aliphatic heterocycles. The number of para-hydroxylation sites is 1. The van der Waals surface area contributed by atoms with Crippen LogP contribution in [0.1, 0.15) is 29.8 Å². The van der Waals surface area contributed by atoms with Crippen molar-refractivity contribution in [2.45, 2.75) is 19.9 Å². The Morgan fingerprint density at radius 3 is 2.17 bits per heavy atom. The fourth-order valence-corrected chi connectivity index (χ4v) is 5.41. The Kier molecular flexibility index (Phi) is 9.61. The minimum absolute atomic E-state index is 0.296. The van der Waals surface area contributed by atoms with Crippen molar-refractivity contribution in [2.24, 2.45) is 5.10 Å². The predicted octanol–water partition coefficient (Wildman–Crippen LogP) is 6.08. The molecule has 0 aromatic heterocycles. The van der Waals surface area contributed by atoms with Crippen molar-refractivity contribution < 1.29 is 22.7 Å². The van der Waals surface area contributed by atoms with Crippen LogP contribution in [0.15, 0.2) is 108 Å². The third kappa shape index (κ3) is 7.96. The van der Waals surface area contributed by atoms with Crippen molar-refractivity contribution in [3.8, 4) is 11.5 Å². The van der Waals surface area contributed by atoms with Crippen LogP contribution in [0.3, 0.4) is 0 Å². The Bertz CT molecular complexity index is 1710. The molecule has 4 aromatic rings. The molecule has 2 amide bonds. The number of carbonyl (C=O) groups is 2. The maximum atomic E-state index is 13.0. The molecule has 0 saturated carbocycles. The number of nitrogens with one attached hydrogen (secondary N) is 2. The first-order valence-electron chi connectivity index (χ1n) is 12.8. The standard InChI is InChI=1S/C31H29ClN4O5S/c1-21(23-9-8-12-26(20-23)33-31(38)24-10-7-11-25(32)19-24)34-35-30(37)22(2)36(42(3,39)40)27-15-17-29(18-16-27)41-28-13-5-4-6-14-28/h4-20,22H,1-3H3,(H,33,38)(H,35,37)/b34-21-/t22-/m0/s1. The number of anilines is 2. The SMILES string of the molecule is C/C(=N/NC(=O)[C@H](C)N(c1ccc(Oc2ccccc2)cc1)S(C)(=O)=O)c1cccc(NC(=O)c2cccc(Cl)c2)c1. The van der Waals surface area contributed by atoms with Gasteiger partial charge >= 0.3 is 0 Å². The molecule has 216 valence electrons. The number of hydrazone groups is 1. The topological polar surface area (TPSA) is 117 Å². The molecule has 42 heavy (non-hydrogen) atoms. The highest BCUT2D eigenvalue weighted by Crippen LogP contribution is 2.27. The Morgan fingerprint density at radius 2 is 1.50 bits per heavy atom. The lowest BCUT2D eigenvalue weighted by atomic mass is 10.1. The molecule has 4 aromatic carbocycles. The normalized spacial score (nSPS) is 12.2. The van der Waals surface area contributed by atoms with Gasteiger partial charge in [-0.2, -0.15) is 5.10 Å². The summed E-state index contributed by atoms with van der Waals surface area (Å²) in [5.74, 6) is 0.198. The number of carbonyl (C=O) groups excluding carboxylic acids is 2. The molecule has 9 nitrogen and oxygen atoms in total. The quantitative estimate of drug-likeness (QED) is 0.168. The van der Waals surface area contributed by atoms with E-state index < -0.39 is 22.0 Å². The zero-order chi connectivity index (χ0) is 30.3. The van der Waals surface area contributed by atoms with E-state index in [9.17, 15) is 18.0 Å². The zero-order valence-electron chi connectivity index (χ0n) is 23.1. The molecule has 0 bridgehead atoms. The number of amides is 2. The van der Waals surface area contributed by atoms with Gasteiger partial charge in [0.2, 0.25) is 10.0 Å². The third-order valence-electron chi connectivity index (χ3n) is 6.12. The predicted molar refractivity (Wildman–Crippen MR) is 166 cm³/mol. The van der Waals surface area contributed by atoms with Crippen molar-refractivity contribution in [2.75, 3.05) is 15.9 Å². The number of halogens is 1. The van der Waals surface area contributed by atoms with Crippen LogP contribution in [0.25, 0.3) is 0 Å². The second kappa shape index (κ2) is 13.3. The summed E-state index contributed by atoms with van der Waals surface area (Å²) in [6.45, 7) is 3.16. The van der Waals surface area contributed by atoms with Gasteiger partial charge in [0, 0.05) is 16.3 Å². The molecular weight excluding hydrogens is 576 g/mol. The fraction of sp³-hybridized carbons (Fsp3) is 0.129. The van der Waals surface area contributed by atoms with Gasteiger partial charge in [0.05, 0.1) is 17.7 Å². The van der Waals surface area contributed by atoms with Crippen molar-refractivity contribution in [3.05, 3.63) is 119 Å². The number of hydrogen-bond acceptors (Lipinski definition) is 6. The molecule has 0 aliphatic rings. The summed E-state index contributed by atoms with van der Waals surface area (Å²) >= 11 is 5.98. The number of rotatable bonds is 10. The second-order valence-corrected chi connectivity index (χ2v) is 11.7. The second-order valence-electron chi connectivity index (χ2n) is 9.36. The summed E-state index contributed by atoms with van der Waals surface area (Å²) in [7, 11) is -3.83. The Balaban J connectivity index is 1.44. The minimum atomic E-state index is -3.83. The monoisotopic (exact) mass is 604 g/mol. The molecule has 2 N–H and O–H groups in total. The van der Waals surface area contributed by atoms with Crippen LogP contribution in [0.4, 0.5) is 11.4 Å². The van der Waals surface area contributed by atoms with E-state index in [-0.39, 0.29) is 5.91 Å². The van der Waals surface area contributed by atoms with Crippen molar-refractivity contribution in [1.29, 1.82) is 0 Å². The van der Waals surface area contributed by atoms with E-state index in [2.05, 4.69) is 15.8 Å². The van der Waals surface area contributed by atoms with Crippen molar-refractivity contribution in [1.82, 2.24) is 5.43 Å². The van der Waals surface area contributed by atoms with Gasteiger partial charge in [-0.3, -0.25) is 13.9 Å². The average molecular weight is 605 g/mol. The van der Waals surface area contributed by atoms with Gasteiger partial charge in [0.25, 0.3) is 11.8 Å². The Hall–Kier alpha value is -4.67. The summed E-state index contributed by atoms with van der Waals surface area (Å²) in [6, 6.07) is 28.0. The minimum Gasteiger partial charge on any atom is -0.457 e. The van der Waals surface area contributed by atoms with Gasteiger partial charge < -0.3 is 10.1 Å². The molecule has 0 radical (unpaired) electrons. The molecule has 0 saturated heterocycles. The maximum Gasteiger partial charge on any atom is 0.263 e. The van der Waals surface area contributed by atoms with Crippen LogP contribution in [-0.4, -0.2) is 38.2 Å². The summed E-state index contributed by atoms with van der Waals surface area (Å²) in [6.07, 6.45) is 1.03. The van der Waals surface area contributed by atoms with E-state index in [1.807, 2.05) is 18.2 Å². The molecular formula is C31H29ClN4O5S. The Morgan fingerprint density at radius 1 is 0.857 bits per heavy atom. The molecule has 11 heteroatoms. The van der Waals surface area contributed by atoms with Crippen LogP contribution >= 0.6 is 11.6 Å². The highest BCUT2D eigenvalue weighted by atomic mass is 35.5. The van der Waals surface area contributed by atoms with Crippen LogP contribution in [0.2, 0.25) is 5.02 Å². The highest BCUT2D eigenvalue weighted by Gasteiger charge is 2.29. The Labute approximate surface area is 249 Å². The van der Waals surface area contributed by atoms with Crippen LogP contribution in [0.5, 0.6) is 11.5 Å². The number of nitrogens with zero attached hydrogens (tertiary/aromatic N) is 2. The smallest absolute Gasteiger partial charge is 0.263 e. The maximum absolute atomic E-state index is 13.0. The van der Waals surface area contributed by atoms with Crippen molar-refractivity contribution >= 4 is 50.5 Å². The van der Waals surface area contributed by atoms with E-state index in [1.165, 1.54) is 6.92 Å². The summed E-state index contributed by atoms with van der Waals surface area (Å²) in [4.78, 5) is 25.6. The van der Waals surface area contributed by atoms with Crippen LogP contribution in [0, 0.1) is 0 Å². The first-order chi connectivity index (χ1) is 20.0. The average Bonchev–Trinajstić information content (AvgIpc) is 2.96. The molecule has 4 rings (SSSR count). The fourth-order valence-electron chi connectivity index (χ4n) is 4.05. The number of ether oxygens (including phenoxy) is 1. The number of sulfonamides is 1. The lowest BCUT2D eigenvalue weighted by Crippen LogP contribution is -2.46. The highest BCUT2D eigenvalue weighted by molar-refractivity contribution is 7.92. The number of hydrogen-bond donors (Lipinski definition) is 2. The lowest BCUT2D eigenvalue weighted by Gasteiger charge is -2.27. The first-order valence-corrected chi connectivity index (χ1v) is 15.1. The summed E-state index contributed by atoms with van der Waals surface area (Å²) < 4.78 is 32.2. The van der Waals surface area contributed by atoms with E-state index in [0.29, 0.717) is 44.7 Å². The van der Waals surface area contributed by atoms with Crippen LogP contribution in [-0.2, 0) is 14.8 Å². The van der Waals surface area contributed by atoms with Crippen LogP contribution < -0.4 is 19.8 Å². The van der Waals surface area contributed by atoms with Gasteiger partial charge in [0.15, 0.2) is 0 Å². The van der Waals surface area contributed by atoms with Gasteiger partial charge in [-0.05, 0) is 86.1 Å². The molecule has 1 atom stereocenters. The summed E-state index contributed by atoms with van der Waals surface area (Å²) in [5.41, 5.74) is 4.77. The van der Waals surface area contributed by atoms with E-state index in [4.69, 9.17) is 16.3 Å². The number of benzene rings is 4. The zero-order valence-corrected chi connectivity index (χ0v) is 24.7. The molecule has 0 aliphatic carbocycles. The van der Waals surface area contributed by atoms with E-state index in [0.717, 1.165) is 10.6 Å². The lowest BCUT2D eigenvalue weighted by molar-refractivity contribution is -0.121. The van der Waals surface area contributed by atoms with E-state index in [1.54, 1.807) is 91.9 Å². The molecule has 0 fully saturated rings. The first kappa shape index (κ1) is 30.3. The largest absolute Gasteiger partial charge is 0.457 e. The van der Waals surface area contributed by atoms with Gasteiger partial charge in [-0.1, -0.05) is 48.0 Å². The van der Waals surface area contributed by atoms with Gasteiger partial charge in [0.1, 0.15) is 17.5 Å². The van der Waals surface area contributed by atoms with Crippen molar-refractivity contribution in [3.63, 3.8) is 0 Å². The van der Waals surface area contributed by atoms with E-state index >= 15 is 0 Å². The third-order valence-corrected chi connectivity index (χ3v) is 7.59. The summed E-state index contributed by atoms with van der Waals surface area (Å²) in [5, 5.41) is 7.43. The van der Waals surface area contributed by atoms with Gasteiger partial charge in [-0.15, -0.1) is 0 Å².